The summed E-state index contributed by atoms with van der Waals surface area (Å²) in [4.78, 5) is 10.9. The van der Waals surface area contributed by atoms with Crippen LogP contribution in [0.3, 0.4) is 0 Å². The number of pyridine rings is 1. The van der Waals surface area contributed by atoms with Crippen molar-refractivity contribution in [3.63, 3.8) is 0 Å². The molecule has 2 aliphatic rings. The first-order chi connectivity index (χ1) is 12.1. The highest BCUT2D eigenvalue weighted by Gasteiger charge is 2.36. The molecule has 3 unspecified atom stereocenters. The number of aliphatic imine (C=N–C) groups is 1. The van der Waals surface area contributed by atoms with Crippen molar-refractivity contribution in [3.8, 4) is 5.88 Å². The predicted octanol–water partition coefficient (Wildman–Crippen LogP) is 2.05. The number of guanidine groups is 1. The third kappa shape index (κ3) is 4.42. The summed E-state index contributed by atoms with van der Waals surface area (Å²) in [6.07, 6.45) is 6.89. The van der Waals surface area contributed by atoms with Gasteiger partial charge in [-0.05, 0) is 18.9 Å². The van der Waals surface area contributed by atoms with E-state index in [9.17, 15) is 5.11 Å². The fraction of sp³-hybridized carbons (Fsp3) is 0.684. The van der Waals surface area contributed by atoms with Gasteiger partial charge in [0.15, 0.2) is 5.96 Å². The summed E-state index contributed by atoms with van der Waals surface area (Å²) in [5.74, 6) is 1.57. The summed E-state index contributed by atoms with van der Waals surface area (Å²) in [7, 11) is 1.81. The van der Waals surface area contributed by atoms with E-state index < -0.39 is 0 Å². The van der Waals surface area contributed by atoms with Gasteiger partial charge >= 0.3 is 0 Å². The lowest BCUT2D eigenvalue weighted by Crippen LogP contribution is -2.49. The molecule has 0 amide bonds. The standard InChI is InChI=1S/C19H30N4O2/c1-19(10-5-3-7-16(19)24)14-22-18(20-2)23-12-9-15(13-23)25-17-8-4-6-11-21-17/h4,6,8,11,15-16,24H,3,5,7,9-10,12-14H2,1-2H3,(H,20,22). The minimum absolute atomic E-state index is 0.0717. The molecule has 0 radical (unpaired) electrons. The molecule has 0 bridgehead atoms. The minimum atomic E-state index is -0.231. The molecule has 2 fully saturated rings. The van der Waals surface area contributed by atoms with Gasteiger partial charge in [-0.25, -0.2) is 4.98 Å². The summed E-state index contributed by atoms with van der Waals surface area (Å²) in [6, 6.07) is 5.71. The summed E-state index contributed by atoms with van der Waals surface area (Å²) >= 11 is 0. The summed E-state index contributed by atoms with van der Waals surface area (Å²) < 4.78 is 5.96. The number of nitrogens with zero attached hydrogens (tertiary/aromatic N) is 3. The van der Waals surface area contributed by atoms with Gasteiger partial charge in [0.2, 0.25) is 5.88 Å². The molecule has 2 N–H and O–H groups in total. The van der Waals surface area contributed by atoms with E-state index in [1.54, 1.807) is 6.20 Å². The molecule has 6 nitrogen and oxygen atoms in total. The quantitative estimate of drug-likeness (QED) is 0.645. The van der Waals surface area contributed by atoms with E-state index in [4.69, 9.17) is 4.74 Å². The Bertz CT molecular complexity index is 580. The molecular weight excluding hydrogens is 316 g/mol. The van der Waals surface area contributed by atoms with Gasteiger partial charge in [0.25, 0.3) is 0 Å². The van der Waals surface area contributed by atoms with Gasteiger partial charge in [0.1, 0.15) is 6.10 Å². The second-order valence-corrected chi connectivity index (χ2v) is 7.46. The molecule has 0 aromatic carbocycles. The van der Waals surface area contributed by atoms with Gasteiger partial charge in [-0.2, -0.15) is 0 Å². The Hall–Kier alpha value is -1.82. The maximum absolute atomic E-state index is 10.4. The lowest BCUT2D eigenvalue weighted by atomic mass is 9.73. The summed E-state index contributed by atoms with van der Waals surface area (Å²) in [5, 5.41) is 13.8. The van der Waals surface area contributed by atoms with E-state index >= 15 is 0 Å². The predicted molar refractivity (Wildman–Crippen MR) is 98.8 cm³/mol. The van der Waals surface area contributed by atoms with E-state index in [0.29, 0.717) is 5.88 Å². The highest BCUT2D eigenvalue weighted by molar-refractivity contribution is 5.80. The molecule has 1 aromatic heterocycles. The van der Waals surface area contributed by atoms with Crippen molar-refractivity contribution in [2.75, 3.05) is 26.7 Å². The minimum Gasteiger partial charge on any atom is -0.472 e. The average Bonchev–Trinajstić information content (AvgIpc) is 3.07. The van der Waals surface area contributed by atoms with Crippen molar-refractivity contribution in [2.24, 2.45) is 10.4 Å². The van der Waals surface area contributed by atoms with Gasteiger partial charge in [-0.1, -0.05) is 25.8 Å². The van der Waals surface area contributed by atoms with Crippen molar-refractivity contribution < 1.29 is 9.84 Å². The molecule has 3 rings (SSSR count). The van der Waals surface area contributed by atoms with Crippen LogP contribution in [0.1, 0.15) is 39.0 Å². The number of rotatable bonds is 4. The third-order valence-electron chi connectivity index (χ3n) is 5.51. The van der Waals surface area contributed by atoms with E-state index in [-0.39, 0.29) is 17.6 Å². The van der Waals surface area contributed by atoms with Gasteiger partial charge in [0.05, 0.1) is 12.6 Å². The first-order valence-electron chi connectivity index (χ1n) is 9.32. The van der Waals surface area contributed by atoms with Crippen LogP contribution < -0.4 is 10.1 Å². The molecule has 6 heteroatoms. The van der Waals surface area contributed by atoms with Crippen LogP contribution in [0.15, 0.2) is 29.4 Å². The van der Waals surface area contributed by atoms with Crippen LogP contribution in [0.25, 0.3) is 0 Å². The average molecular weight is 346 g/mol. The maximum Gasteiger partial charge on any atom is 0.213 e. The Labute approximate surface area is 150 Å². The molecular formula is C19H30N4O2. The first-order valence-corrected chi connectivity index (χ1v) is 9.32. The lowest BCUT2D eigenvalue weighted by Gasteiger charge is -2.39. The van der Waals surface area contributed by atoms with Crippen molar-refractivity contribution in [1.29, 1.82) is 0 Å². The van der Waals surface area contributed by atoms with E-state index in [0.717, 1.165) is 51.3 Å². The van der Waals surface area contributed by atoms with Gasteiger partial charge in [-0.3, -0.25) is 4.99 Å². The SMILES string of the molecule is CN=C(NCC1(C)CCCCC1O)N1CCC(Oc2ccccn2)C1. The molecule has 138 valence electrons. The third-order valence-corrected chi connectivity index (χ3v) is 5.51. The molecule has 1 aromatic rings. The van der Waals surface area contributed by atoms with Crippen LogP contribution >= 0.6 is 0 Å². The summed E-state index contributed by atoms with van der Waals surface area (Å²) in [5.41, 5.74) is -0.0717. The second kappa shape index (κ2) is 8.04. The number of nitrogens with one attached hydrogen (secondary N) is 1. The van der Waals surface area contributed by atoms with E-state index in [1.807, 2.05) is 25.2 Å². The van der Waals surface area contributed by atoms with Crippen LogP contribution in [-0.4, -0.2) is 59.8 Å². The largest absolute Gasteiger partial charge is 0.472 e. The smallest absolute Gasteiger partial charge is 0.213 e. The van der Waals surface area contributed by atoms with Crippen LogP contribution in [0.5, 0.6) is 5.88 Å². The number of aliphatic hydroxyl groups excluding tert-OH is 1. The van der Waals surface area contributed by atoms with Crippen molar-refractivity contribution in [2.45, 2.75) is 51.2 Å². The Morgan fingerprint density at radius 3 is 3.04 bits per heavy atom. The van der Waals surface area contributed by atoms with Crippen LogP contribution in [0.4, 0.5) is 0 Å². The van der Waals surface area contributed by atoms with Crippen molar-refractivity contribution in [3.05, 3.63) is 24.4 Å². The monoisotopic (exact) mass is 346 g/mol. The Morgan fingerprint density at radius 1 is 1.44 bits per heavy atom. The Kier molecular flexibility index (Phi) is 5.78. The zero-order valence-corrected chi connectivity index (χ0v) is 15.3. The first kappa shape index (κ1) is 18.0. The number of hydrogen-bond donors (Lipinski definition) is 2. The van der Waals surface area contributed by atoms with E-state index in [2.05, 4.69) is 27.1 Å². The summed E-state index contributed by atoms with van der Waals surface area (Å²) in [6.45, 7) is 4.64. The fourth-order valence-electron chi connectivity index (χ4n) is 3.81. The van der Waals surface area contributed by atoms with Crippen LogP contribution in [0, 0.1) is 5.41 Å². The molecule has 3 atom stereocenters. The van der Waals surface area contributed by atoms with Crippen LogP contribution in [-0.2, 0) is 0 Å². The molecule has 0 spiro atoms. The fourth-order valence-corrected chi connectivity index (χ4v) is 3.81. The molecule has 2 heterocycles. The Morgan fingerprint density at radius 2 is 2.32 bits per heavy atom. The van der Waals surface area contributed by atoms with Gasteiger partial charge < -0.3 is 20.1 Å². The number of aromatic nitrogens is 1. The lowest BCUT2D eigenvalue weighted by molar-refractivity contribution is 0.00368. The second-order valence-electron chi connectivity index (χ2n) is 7.46. The highest BCUT2D eigenvalue weighted by Crippen LogP contribution is 2.35. The number of aliphatic hydroxyl groups is 1. The molecule has 1 aliphatic carbocycles. The van der Waals surface area contributed by atoms with Crippen molar-refractivity contribution in [1.82, 2.24) is 15.2 Å². The zero-order valence-electron chi connectivity index (χ0n) is 15.3. The van der Waals surface area contributed by atoms with E-state index in [1.165, 1.54) is 6.42 Å². The molecule has 25 heavy (non-hydrogen) atoms. The molecule has 1 aliphatic heterocycles. The zero-order chi connectivity index (χ0) is 17.7. The normalized spacial score (nSPS) is 30.4. The Balaban J connectivity index is 1.52. The topological polar surface area (TPSA) is 70.0 Å². The van der Waals surface area contributed by atoms with Crippen LogP contribution in [0.2, 0.25) is 0 Å². The van der Waals surface area contributed by atoms with Crippen molar-refractivity contribution >= 4 is 5.96 Å². The molecule has 1 saturated heterocycles. The van der Waals surface area contributed by atoms with Gasteiger partial charge in [0, 0.05) is 44.2 Å². The number of hydrogen-bond acceptors (Lipinski definition) is 4. The molecule has 1 saturated carbocycles. The number of likely N-dealkylation sites (tertiary alicyclic amines) is 1. The maximum atomic E-state index is 10.4. The van der Waals surface area contributed by atoms with Gasteiger partial charge in [-0.15, -0.1) is 0 Å². The highest BCUT2D eigenvalue weighted by atomic mass is 16.5. The number of ether oxygens (including phenoxy) is 1.